The van der Waals surface area contributed by atoms with Gasteiger partial charge in [-0.15, -0.1) is 0 Å². The highest BCUT2D eigenvalue weighted by atomic mass is 79.9. The molecule has 0 saturated heterocycles. The average Bonchev–Trinajstić information content (AvgIpc) is 2.27. The molecule has 1 aromatic rings. The van der Waals surface area contributed by atoms with Gasteiger partial charge in [0.2, 0.25) is 5.91 Å². The number of nitrogens with one attached hydrogen (secondary N) is 2. The summed E-state index contributed by atoms with van der Waals surface area (Å²) in [4.78, 5) is 11.4. The van der Waals surface area contributed by atoms with Crippen LogP contribution in [0.15, 0.2) is 28.7 Å². The fourth-order valence-corrected chi connectivity index (χ4v) is 1.96. The zero-order valence-corrected chi connectivity index (χ0v) is 11.3. The maximum Gasteiger partial charge on any atom is 0.236 e. The van der Waals surface area contributed by atoms with Crippen LogP contribution in [0.1, 0.15) is 25.5 Å². The topological polar surface area (TPSA) is 41.1 Å². The molecule has 3 nitrogen and oxygen atoms in total. The van der Waals surface area contributed by atoms with Crippen molar-refractivity contribution in [2.45, 2.75) is 25.9 Å². The second kappa shape index (κ2) is 6.01. The number of carbonyl (C=O) groups is 1. The molecule has 1 aromatic carbocycles. The fraction of sp³-hybridized carbons (Fsp3) is 0.417. The number of amides is 1. The van der Waals surface area contributed by atoms with E-state index < -0.39 is 0 Å². The van der Waals surface area contributed by atoms with Gasteiger partial charge in [-0.25, -0.2) is 0 Å². The van der Waals surface area contributed by atoms with Gasteiger partial charge in [0.1, 0.15) is 0 Å². The normalized spacial score (nSPS) is 14.2. The molecule has 88 valence electrons. The minimum atomic E-state index is -0.195. The van der Waals surface area contributed by atoms with E-state index >= 15 is 0 Å². The molecule has 16 heavy (non-hydrogen) atoms. The van der Waals surface area contributed by atoms with Crippen molar-refractivity contribution in [2.24, 2.45) is 0 Å². The molecule has 2 N–H and O–H groups in total. The van der Waals surface area contributed by atoms with Gasteiger partial charge >= 0.3 is 0 Å². The van der Waals surface area contributed by atoms with Gasteiger partial charge in [-0.05, 0) is 31.5 Å². The monoisotopic (exact) mass is 284 g/mol. The lowest BCUT2D eigenvalue weighted by atomic mass is 10.1. The van der Waals surface area contributed by atoms with Gasteiger partial charge < -0.3 is 5.32 Å². The van der Waals surface area contributed by atoms with Crippen molar-refractivity contribution in [1.82, 2.24) is 10.6 Å². The summed E-state index contributed by atoms with van der Waals surface area (Å²) in [6.07, 6.45) is 0. The Morgan fingerprint density at radius 3 is 2.62 bits per heavy atom. The van der Waals surface area contributed by atoms with E-state index in [4.69, 9.17) is 0 Å². The van der Waals surface area contributed by atoms with E-state index in [-0.39, 0.29) is 18.0 Å². The van der Waals surface area contributed by atoms with Crippen molar-refractivity contribution in [3.63, 3.8) is 0 Å². The predicted octanol–water partition coefficient (Wildman–Crippen LogP) is 2.23. The fourth-order valence-electron chi connectivity index (χ4n) is 1.54. The summed E-state index contributed by atoms with van der Waals surface area (Å²) in [5.74, 6) is 0.00171. The lowest BCUT2D eigenvalue weighted by Crippen LogP contribution is -2.41. The second-order valence-electron chi connectivity index (χ2n) is 3.78. The molecule has 0 bridgehead atoms. The van der Waals surface area contributed by atoms with E-state index in [1.54, 1.807) is 7.05 Å². The summed E-state index contributed by atoms with van der Waals surface area (Å²) in [7, 11) is 1.64. The van der Waals surface area contributed by atoms with Crippen LogP contribution in [0.25, 0.3) is 0 Å². The van der Waals surface area contributed by atoms with Gasteiger partial charge in [0.15, 0.2) is 0 Å². The Morgan fingerprint density at radius 1 is 1.38 bits per heavy atom. The molecule has 1 amide bonds. The van der Waals surface area contributed by atoms with Crippen LogP contribution in [0.3, 0.4) is 0 Å². The second-order valence-corrected chi connectivity index (χ2v) is 4.69. The highest BCUT2D eigenvalue weighted by molar-refractivity contribution is 9.10. The summed E-state index contributed by atoms with van der Waals surface area (Å²) in [5, 5.41) is 5.86. The number of likely N-dealkylation sites (N-methyl/N-ethyl adjacent to an activating group) is 1. The molecule has 2 atom stereocenters. The summed E-state index contributed by atoms with van der Waals surface area (Å²) >= 11 is 3.43. The van der Waals surface area contributed by atoms with Crippen LogP contribution in [0, 0.1) is 0 Å². The average molecular weight is 285 g/mol. The maximum atomic E-state index is 11.4. The SMILES string of the molecule is CNC(=O)C(C)N[C@H](C)c1cccc(Br)c1. The summed E-state index contributed by atoms with van der Waals surface area (Å²) in [6.45, 7) is 3.90. The molecular weight excluding hydrogens is 268 g/mol. The van der Waals surface area contributed by atoms with E-state index in [2.05, 4.69) is 26.6 Å². The van der Waals surface area contributed by atoms with Crippen LogP contribution in [-0.2, 0) is 4.79 Å². The number of carbonyl (C=O) groups excluding carboxylic acids is 1. The molecule has 0 aliphatic heterocycles. The molecule has 0 fully saturated rings. The van der Waals surface area contributed by atoms with Crippen LogP contribution in [0.2, 0.25) is 0 Å². The first kappa shape index (κ1) is 13.2. The number of hydrogen-bond donors (Lipinski definition) is 2. The molecule has 4 heteroatoms. The van der Waals surface area contributed by atoms with Gasteiger partial charge in [0, 0.05) is 17.6 Å². The van der Waals surface area contributed by atoms with Crippen LogP contribution in [-0.4, -0.2) is 19.0 Å². The van der Waals surface area contributed by atoms with Gasteiger partial charge in [-0.3, -0.25) is 10.1 Å². The summed E-state index contributed by atoms with van der Waals surface area (Å²) in [6, 6.07) is 8.01. The maximum absolute atomic E-state index is 11.4. The Kier molecular flexibility index (Phi) is 4.96. The quantitative estimate of drug-likeness (QED) is 0.890. The largest absolute Gasteiger partial charge is 0.358 e. The molecule has 0 radical (unpaired) electrons. The smallest absolute Gasteiger partial charge is 0.236 e. The van der Waals surface area contributed by atoms with Crippen molar-refractivity contribution in [1.29, 1.82) is 0 Å². The highest BCUT2D eigenvalue weighted by Crippen LogP contribution is 2.18. The predicted molar refractivity (Wildman–Crippen MR) is 69.2 cm³/mol. The first-order valence-corrected chi connectivity index (χ1v) is 6.07. The third-order valence-electron chi connectivity index (χ3n) is 2.49. The zero-order valence-electron chi connectivity index (χ0n) is 9.75. The highest BCUT2D eigenvalue weighted by Gasteiger charge is 2.14. The number of rotatable bonds is 4. The van der Waals surface area contributed by atoms with Crippen LogP contribution in [0.5, 0.6) is 0 Å². The molecule has 1 unspecified atom stereocenters. The molecule has 0 saturated carbocycles. The number of halogens is 1. The van der Waals surface area contributed by atoms with E-state index in [1.165, 1.54) is 0 Å². The Labute approximate surface area is 105 Å². The Bertz CT molecular complexity index is 368. The van der Waals surface area contributed by atoms with E-state index in [1.807, 2.05) is 38.1 Å². The molecule has 0 aliphatic carbocycles. The molecule has 0 aromatic heterocycles. The van der Waals surface area contributed by atoms with E-state index in [0.717, 1.165) is 10.0 Å². The van der Waals surface area contributed by atoms with Crippen molar-refractivity contribution in [2.75, 3.05) is 7.05 Å². The van der Waals surface area contributed by atoms with Gasteiger partial charge in [-0.1, -0.05) is 28.1 Å². The standard InChI is InChI=1S/C12H17BrN2O/c1-8(15-9(2)12(16)14-3)10-5-4-6-11(13)7-10/h4-9,15H,1-3H3,(H,14,16)/t8-,9?/m1/s1. The Balaban J connectivity index is 2.65. The summed E-state index contributed by atoms with van der Waals surface area (Å²) < 4.78 is 1.05. The minimum Gasteiger partial charge on any atom is -0.358 e. The van der Waals surface area contributed by atoms with Crippen molar-refractivity contribution < 1.29 is 4.79 Å². The van der Waals surface area contributed by atoms with Crippen molar-refractivity contribution in [3.8, 4) is 0 Å². The van der Waals surface area contributed by atoms with Gasteiger partial charge in [-0.2, -0.15) is 0 Å². The molecule has 0 heterocycles. The number of hydrogen-bond acceptors (Lipinski definition) is 2. The Hall–Kier alpha value is -0.870. The van der Waals surface area contributed by atoms with Gasteiger partial charge in [0.05, 0.1) is 6.04 Å². The van der Waals surface area contributed by atoms with Gasteiger partial charge in [0.25, 0.3) is 0 Å². The zero-order chi connectivity index (χ0) is 12.1. The Morgan fingerprint density at radius 2 is 2.06 bits per heavy atom. The number of benzene rings is 1. The van der Waals surface area contributed by atoms with Crippen molar-refractivity contribution >= 4 is 21.8 Å². The lowest BCUT2D eigenvalue weighted by molar-refractivity contribution is -0.122. The van der Waals surface area contributed by atoms with Crippen molar-refractivity contribution in [3.05, 3.63) is 34.3 Å². The van der Waals surface area contributed by atoms with E-state index in [0.29, 0.717) is 0 Å². The molecular formula is C12H17BrN2O. The third-order valence-corrected chi connectivity index (χ3v) is 2.98. The van der Waals surface area contributed by atoms with Crippen LogP contribution in [0.4, 0.5) is 0 Å². The van der Waals surface area contributed by atoms with Crippen LogP contribution >= 0.6 is 15.9 Å². The summed E-state index contributed by atoms with van der Waals surface area (Å²) in [5.41, 5.74) is 1.16. The van der Waals surface area contributed by atoms with E-state index in [9.17, 15) is 4.79 Å². The first-order valence-electron chi connectivity index (χ1n) is 5.27. The molecule has 0 spiro atoms. The lowest BCUT2D eigenvalue weighted by Gasteiger charge is -2.19. The molecule has 0 aliphatic rings. The first-order chi connectivity index (χ1) is 7.54. The van der Waals surface area contributed by atoms with Crippen LogP contribution < -0.4 is 10.6 Å². The third kappa shape index (κ3) is 3.61. The molecule has 1 rings (SSSR count). The minimum absolute atomic E-state index is 0.00171.